The molecule has 0 spiro atoms. The van der Waals surface area contributed by atoms with E-state index in [1.165, 1.54) is 0 Å². The Morgan fingerprint density at radius 1 is 1.11 bits per heavy atom. The van der Waals surface area contributed by atoms with Gasteiger partial charge in [0.25, 0.3) is 10.0 Å². The van der Waals surface area contributed by atoms with Crippen molar-refractivity contribution in [2.24, 2.45) is 0 Å². The molecule has 6 nitrogen and oxygen atoms in total. The van der Waals surface area contributed by atoms with E-state index in [-0.39, 0.29) is 4.90 Å². The summed E-state index contributed by atoms with van der Waals surface area (Å²) in [6.45, 7) is 2.43. The summed E-state index contributed by atoms with van der Waals surface area (Å²) in [6, 6.07) is 10.5. The maximum atomic E-state index is 12.9. The molecule has 0 saturated carbocycles. The molecule has 1 N–H and O–H groups in total. The van der Waals surface area contributed by atoms with E-state index in [1.54, 1.807) is 37.4 Å². The van der Waals surface area contributed by atoms with Gasteiger partial charge >= 0.3 is 0 Å². The van der Waals surface area contributed by atoms with Crippen LogP contribution in [0.4, 0.5) is 5.69 Å². The number of anilines is 1. The van der Waals surface area contributed by atoms with Gasteiger partial charge in [-0.2, -0.15) is 0 Å². The lowest BCUT2D eigenvalue weighted by molar-refractivity contribution is 0.265. The molecule has 7 heteroatoms. The molecular formula is C21H28N2O4S. The topological polar surface area (TPSA) is 67.9 Å². The van der Waals surface area contributed by atoms with Gasteiger partial charge in [0.05, 0.1) is 24.3 Å². The molecule has 152 valence electrons. The van der Waals surface area contributed by atoms with Crippen LogP contribution in [0.3, 0.4) is 0 Å². The molecule has 1 unspecified atom stereocenters. The van der Waals surface area contributed by atoms with E-state index in [1.807, 2.05) is 13.0 Å². The third-order valence-corrected chi connectivity index (χ3v) is 6.58. The number of nitrogens with one attached hydrogen (secondary N) is 1. The van der Waals surface area contributed by atoms with Gasteiger partial charge in [0.1, 0.15) is 11.5 Å². The fourth-order valence-corrected chi connectivity index (χ4v) is 4.74. The molecule has 0 saturated heterocycles. The van der Waals surface area contributed by atoms with E-state index >= 15 is 0 Å². The van der Waals surface area contributed by atoms with Crippen LogP contribution in [-0.2, 0) is 22.9 Å². The van der Waals surface area contributed by atoms with Crippen molar-refractivity contribution in [3.8, 4) is 11.5 Å². The molecule has 0 bridgehead atoms. The molecular weight excluding hydrogens is 376 g/mol. The van der Waals surface area contributed by atoms with Crippen LogP contribution < -0.4 is 14.2 Å². The Morgan fingerprint density at radius 3 is 2.43 bits per heavy atom. The van der Waals surface area contributed by atoms with E-state index in [0.29, 0.717) is 24.1 Å². The van der Waals surface area contributed by atoms with Crippen LogP contribution in [0.2, 0.25) is 0 Å². The average molecular weight is 405 g/mol. The van der Waals surface area contributed by atoms with Crippen LogP contribution in [0.5, 0.6) is 11.5 Å². The van der Waals surface area contributed by atoms with Crippen molar-refractivity contribution < 1.29 is 17.9 Å². The molecule has 0 radical (unpaired) electrons. The van der Waals surface area contributed by atoms with Gasteiger partial charge in [0, 0.05) is 11.6 Å². The smallest absolute Gasteiger partial charge is 0.261 e. The normalized spacial score (nSPS) is 16.5. The summed E-state index contributed by atoms with van der Waals surface area (Å²) in [5.74, 6) is 1.46. The van der Waals surface area contributed by atoms with E-state index in [0.717, 1.165) is 36.1 Å². The summed E-state index contributed by atoms with van der Waals surface area (Å²) >= 11 is 0. The average Bonchev–Trinajstić information content (AvgIpc) is 2.68. The second kappa shape index (κ2) is 8.41. The van der Waals surface area contributed by atoms with Gasteiger partial charge in [0.15, 0.2) is 0 Å². The summed E-state index contributed by atoms with van der Waals surface area (Å²) in [5, 5.41) is 0. The van der Waals surface area contributed by atoms with Crippen molar-refractivity contribution in [2.45, 2.75) is 37.1 Å². The number of ether oxygens (including phenoxy) is 2. The number of hydrogen-bond acceptors (Lipinski definition) is 5. The van der Waals surface area contributed by atoms with Crippen LogP contribution in [0.1, 0.15) is 24.5 Å². The number of nitrogens with zero attached hydrogens (tertiary/aromatic N) is 1. The van der Waals surface area contributed by atoms with Crippen molar-refractivity contribution in [1.82, 2.24) is 4.90 Å². The Bertz CT molecular complexity index is 924. The van der Waals surface area contributed by atoms with Crippen molar-refractivity contribution in [2.75, 3.05) is 32.5 Å². The Balaban J connectivity index is 1.91. The Hall–Kier alpha value is -2.25. The highest BCUT2D eigenvalue weighted by Gasteiger charge is 2.27. The minimum absolute atomic E-state index is 0.211. The SMILES string of the molecule is CCOc1ccc(S(=O)(=O)Nc2ccc(OC)c3c2CCC(N(C)C)C3)cc1. The summed E-state index contributed by atoms with van der Waals surface area (Å²) in [6.07, 6.45) is 2.62. The predicted octanol–water partition coefficient (Wildman–Crippen LogP) is 3.31. The molecule has 28 heavy (non-hydrogen) atoms. The second-order valence-electron chi connectivity index (χ2n) is 7.14. The number of fused-ring (bicyclic) bond motifs is 1. The minimum Gasteiger partial charge on any atom is -0.496 e. The van der Waals surface area contributed by atoms with E-state index in [4.69, 9.17) is 9.47 Å². The maximum absolute atomic E-state index is 12.9. The molecule has 1 aliphatic rings. The molecule has 0 amide bonds. The molecule has 1 aliphatic carbocycles. The van der Waals surface area contributed by atoms with Gasteiger partial charge in [-0.15, -0.1) is 0 Å². The van der Waals surface area contributed by atoms with Crippen molar-refractivity contribution in [1.29, 1.82) is 0 Å². The Kier molecular flexibility index (Phi) is 6.15. The first kappa shape index (κ1) is 20.5. The summed E-state index contributed by atoms with van der Waals surface area (Å²) < 4.78 is 39.5. The third kappa shape index (κ3) is 4.25. The maximum Gasteiger partial charge on any atom is 0.261 e. The minimum atomic E-state index is -3.68. The predicted molar refractivity (Wildman–Crippen MR) is 111 cm³/mol. The molecule has 1 atom stereocenters. The third-order valence-electron chi connectivity index (χ3n) is 5.20. The van der Waals surface area contributed by atoms with Gasteiger partial charge in [-0.1, -0.05) is 0 Å². The first-order chi connectivity index (χ1) is 13.4. The molecule has 2 aromatic rings. The van der Waals surface area contributed by atoms with Crippen LogP contribution >= 0.6 is 0 Å². The van der Waals surface area contributed by atoms with Gasteiger partial charge in [-0.3, -0.25) is 4.72 Å². The molecule has 3 rings (SSSR count). The molecule has 0 fully saturated rings. The van der Waals surface area contributed by atoms with Crippen LogP contribution in [0.25, 0.3) is 0 Å². The molecule has 0 heterocycles. The zero-order valence-electron chi connectivity index (χ0n) is 16.9. The summed E-state index contributed by atoms with van der Waals surface area (Å²) in [5.41, 5.74) is 2.73. The standard InChI is InChI=1S/C21H28N2O4S/c1-5-27-16-7-9-17(10-8-16)28(24,25)22-20-12-13-21(26-4)19-14-15(23(2)3)6-11-18(19)20/h7-10,12-13,15,22H,5-6,11,14H2,1-4H3. The quantitative estimate of drug-likeness (QED) is 0.767. The van der Waals surface area contributed by atoms with E-state index in [2.05, 4.69) is 23.7 Å². The van der Waals surface area contributed by atoms with E-state index < -0.39 is 10.0 Å². The number of rotatable bonds is 7. The number of likely N-dealkylation sites (N-methyl/N-ethyl adjacent to an activating group) is 1. The highest BCUT2D eigenvalue weighted by Crippen LogP contribution is 2.36. The van der Waals surface area contributed by atoms with Crippen molar-refractivity contribution >= 4 is 15.7 Å². The largest absolute Gasteiger partial charge is 0.496 e. The van der Waals surface area contributed by atoms with Crippen molar-refractivity contribution in [3.63, 3.8) is 0 Å². The zero-order chi connectivity index (χ0) is 20.3. The molecule has 0 aromatic heterocycles. The number of sulfonamides is 1. The lowest BCUT2D eigenvalue weighted by Crippen LogP contribution is -2.34. The lowest BCUT2D eigenvalue weighted by atomic mass is 9.86. The van der Waals surface area contributed by atoms with Crippen LogP contribution in [0.15, 0.2) is 41.3 Å². The number of benzene rings is 2. The lowest BCUT2D eigenvalue weighted by Gasteiger charge is -2.32. The first-order valence-corrected chi connectivity index (χ1v) is 10.9. The van der Waals surface area contributed by atoms with Gasteiger partial charge in [-0.25, -0.2) is 8.42 Å². The van der Waals surface area contributed by atoms with Crippen LogP contribution in [0, 0.1) is 0 Å². The fourth-order valence-electron chi connectivity index (χ4n) is 3.64. The second-order valence-corrected chi connectivity index (χ2v) is 8.83. The fraction of sp³-hybridized carbons (Fsp3) is 0.429. The zero-order valence-corrected chi connectivity index (χ0v) is 17.7. The van der Waals surface area contributed by atoms with Crippen molar-refractivity contribution in [3.05, 3.63) is 47.5 Å². The van der Waals surface area contributed by atoms with Gasteiger partial charge < -0.3 is 14.4 Å². The highest BCUT2D eigenvalue weighted by molar-refractivity contribution is 7.92. The highest BCUT2D eigenvalue weighted by atomic mass is 32.2. The van der Waals surface area contributed by atoms with Crippen LogP contribution in [-0.4, -0.2) is 47.2 Å². The first-order valence-electron chi connectivity index (χ1n) is 9.46. The van der Waals surface area contributed by atoms with E-state index in [9.17, 15) is 8.42 Å². The number of methoxy groups -OCH3 is 1. The summed E-state index contributed by atoms with van der Waals surface area (Å²) in [4.78, 5) is 2.42. The van der Waals surface area contributed by atoms with Gasteiger partial charge in [-0.05, 0) is 82.2 Å². The van der Waals surface area contributed by atoms with Gasteiger partial charge in [0.2, 0.25) is 0 Å². The Labute approximate surface area is 167 Å². The monoisotopic (exact) mass is 404 g/mol. The number of hydrogen-bond donors (Lipinski definition) is 1. The molecule has 2 aromatic carbocycles. The summed E-state index contributed by atoms with van der Waals surface area (Å²) in [7, 11) is 2.11. The Morgan fingerprint density at radius 2 is 1.82 bits per heavy atom. The molecule has 0 aliphatic heterocycles.